The minimum absolute atomic E-state index is 1.02. The largest absolute Gasteiger partial charge is 0.309 e. The van der Waals surface area contributed by atoms with Crippen LogP contribution in [0, 0.1) is 0 Å². The molecule has 0 aliphatic rings. The topological polar surface area (TPSA) is 22.8 Å². The highest BCUT2D eigenvalue weighted by Gasteiger charge is 2.19. The molecule has 0 amide bonds. The second-order valence-corrected chi connectivity index (χ2v) is 15.4. The molecule has 8 aromatic carbocycles. The van der Waals surface area contributed by atoms with Crippen molar-refractivity contribution in [3.63, 3.8) is 0 Å². The van der Waals surface area contributed by atoms with Crippen LogP contribution in [-0.2, 0) is 0 Å². The molecule has 256 valence electrons. The van der Waals surface area contributed by atoms with Gasteiger partial charge in [0.15, 0.2) is 0 Å². The fourth-order valence-corrected chi connectivity index (χ4v) is 10.1. The van der Waals surface area contributed by atoms with E-state index in [1.165, 1.54) is 69.2 Å². The number of hydrogen-bond acceptors (Lipinski definition) is 2. The molecular formula is C51H31N3S. The van der Waals surface area contributed by atoms with Crippen molar-refractivity contribution in [1.82, 2.24) is 14.1 Å². The van der Waals surface area contributed by atoms with Gasteiger partial charge < -0.3 is 9.13 Å². The van der Waals surface area contributed by atoms with Crippen molar-refractivity contribution in [2.75, 3.05) is 0 Å². The molecule has 4 heterocycles. The van der Waals surface area contributed by atoms with Crippen LogP contribution >= 0.6 is 11.3 Å². The second kappa shape index (κ2) is 11.7. The van der Waals surface area contributed by atoms with E-state index in [0.717, 1.165) is 39.3 Å². The summed E-state index contributed by atoms with van der Waals surface area (Å²) in [5.41, 5.74) is 12.5. The molecule has 0 saturated heterocycles. The lowest BCUT2D eigenvalue weighted by Gasteiger charge is -2.16. The number of thiophene rings is 1. The first-order valence-corrected chi connectivity index (χ1v) is 19.5. The summed E-state index contributed by atoms with van der Waals surface area (Å²) >= 11 is 1.86. The molecule has 3 nitrogen and oxygen atoms in total. The van der Waals surface area contributed by atoms with Crippen LogP contribution in [0.4, 0.5) is 0 Å². The highest BCUT2D eigenvalue weighted by atomic mass is 32.1. The number of aromatic nitrogens is 3. The molecule has 0 atom stereocenters. The van der Waals surface area contributed by atoms with Crippen LogP contribution in [0.3, 0.4) is 0 Å². The Bertz CT molecular complexity index is 3250. The van der Waals surface area contributed by atoms with Gasteiger partial charge in [0.25, 0.3) is 0 Å². The summed E-state index contributed by atoms with van der Waals surface area (Å²) in [5.74, 6) is 0. The Kier molecular flexibility index (Phi) is 6.50. The fourth-order valence-electron chi connectivity index (χ4n) is 8.86. The Morgan fingerprint density at radius 3 is 1.35 bits per heavy atom. The quantitative estimate of drug-likeness (QED) is 0.178. The Morgan fingerprint density at radius 1 is 0.364 bits per heavy atom. The summed E-state index contributed by atoms with van der Waals surface area (Å²) in [7, 11) is 0. The monoisotopic (exact) mass is 717 g/mol. The lowest BCUT2D eigenvalue weighted by molar-refractivity contribution is 1.13. The van der Waals surface area contributed by atoms with Gasteiger partial charge in [-0.25, -0.2) is 4.98 Å². The molecule has 0 spiro atoms. The zero-order valence-electron chi connectivity index (χ0n) is 29.6. The third kappa shape index (κ3) is 4.52. The van der Waals surface area contributed by atoms with Gasteiger partial charge in [0.2, 0.25) is 0 Å². The van der Waals surface area contributed by atoms with Gasteiger partial charge >= 0.3 is 0 Å². The molecule has 0 unspecified atom stereocenters. The van der Waals surface area contributed by atoms with Crippen LogP contribution in [0.1, 0.15) is 0 Å². The molecule has 55 heavy (non-hydrogen) atoms. The smallest absolute Gasteiger partial charge is 0.0802 e. The highest BCUT2D eigenvalue weighted by molar-refractivity contribution is 7.26. The van der Waals surface area contributed by atoms with Crippen molar-refractivity contribution < 1.29 is 0 Å². The third-order valence-electron chi connectivity index (χ3n) is 11.3. The van der Waals surface area contributed by atoms with Crippen LogP contribution in [0.2, 0.25) is 0 Å². The van der Waals surface area contributed by atoms with Gasteiger partial charge in [-0.05, 0) is 65.7 Å². The van der Waals surface area contributed by atoms with Gasteiger partial charge in [0.05, 0.1) is 33.3 Å². The van der Waals surface area contributed by atoms with Crippen molar-refractivity contribution >= 4 is 86.0 Å². The summed E-state index contributed by atoms with van der Waals surface area (Å²) < 4.78 is 7.43. The van der Waals surface area contributed by atoms with E-state index >= 15 is 0 Å². The van der Waals surface area contributed by atoms with Crippen LogP contribution in [0.25, 0.3) is 108 Å². The van der Waals surface area contributed by atoms with E-state index in [2.05, 4.69) is 197 Å². The molecule has 0 fully saturated rings. The van der Waals surface area contributed by atoms with E-state index in [1.54, 1.807) is 0 Å². The van der Waals surface area contributed by atoms with E-state index in [0.29, 0.717) is 0 Å². The van der Waals surface area contributed by atoms with Crippen molar-refractivity contribution in [3.05, 3.63) is 188 Å². The average Bonchev–Trinajstić information content (AvgIpc) is 3.92. The number of para-hydroxylation sites is 5. The van der Waals surface area contributed by atoms with Gasteiger partial charge in [0.1, 0.15) is 0 Å². The second-order valence-electron chi connectivity index (χ2n) is 14.3. The molecule has 4 aromatic heterocycles. The zero-order valence-corrected chi connectivity index (χ0v) is 30.5. The molecule has 0 saturated carbocycles. The Labute approximate surface area is 320 Å². The molecule has 0 N–H and O–H groups in total. The molecule has 0 aliphatic carbocycles. The molecule has 0 aliphatic heterocycles. The summed E-state index contributed by atoms with van der Waals surface area (Å²) in [4.78, 5) is 5.31. The van der Waals surface area contributed by atoms with Crippen molar-refractivity contribution in [2.45, 2.75) is 0 Å². The fraction of sp³-hybridized carbons (Fsp3) is 0. The number of nitrogens with zero attached hydrogens (tertiary/aromatic N) is 3. The first-order valence-electron chi connectivity index (χ1n) is 18.7. The first kappa shape index (κ1) is 30.5. The zero-order chi connectivity index (χ0) is 36.0. The van der Waals surface area contributed by atoms with E-state index in [9.17, 15) is 0 Å². The van der Waals surface area contributed by atoms with Gasteiger partial charge in [-0.1, -0.05) is 133 Å². The molecule has 12 rings (SSSR count). The molecule has 12 aromatic rings. The predicted molar refractivity (Wildman–Crippen MR) is 234 cm³/mol. The number of benzene rings is 8. The van der Waals surface area contributed by atoms with Gasteiger partial charge in [-0.15, -0.1) is 11.3 Å². The summed E-state index contributed by atoms with van der Waals surface area (Å²) in [6.45, 7) is 0. The van der Waals surface area contributed by atoms with Crippen LogP contribution in [0.5, 0.6) is 0 Å². The summed E-state index contributed by atoms with van der Waals surface area (Å²) in [6, 6.07) is 68.4. The Balaban J connectivity index is 1.10. The molecule has 0 radical (unpaired) electrons. The molecule has 0 bridgehead atoms. The highest BCUT2D eigenvalue weighted by Crippen LogP contribution is 2.43. The SMILES string of the molecule is c1ccc2c(c1)nc(-c1ccc(-c3cc(-n4c5ccccc5c5ccccc54)cc(-n4c5ccccc5c5ccccc54)c3)cc1)c1c3ccccc3sc21. The van der Waals surface area contributed by atoms with Gasteiger partial charge in [-0.3, -0.25) is 0 Å². The third-order valence-corrected chi connectivity index (χ3v) is 12.5. The van der Waals surface area contributed by atoms with Gasteiger partial charge in [0, 0.05) is 64.0 Å². The maximum Gasteiger partial charge on any atom is 0.0802 e. The predicted octanol–water partition coefficient (Wildman–Crippen LogP) is 14.1. The van der Waals surface area contributed by atoms with E-state index in [1.807, 2.05) is 11.3 Å². The standard InChI is InChI=1S/C51H31N3S/c1-7-19-43-41(17-1)51-49(42-18-6-12-24-48(42)55-51)50(52-43)33-27-25-32(26-28-33)34-29-35(53-44-20-8-2-13-37(44)38-14-3-9-21-45(38)53)31-36(30-34)54-46-22-10-4-15-39(46)40-16-5-11-23-47(40)54/h1-31H. The number of rotatable bonds is 4. The maximum absolute atomic E-state index is 5.31. The molecule has 4 heteroatoms. The Morgan fingerprint density at radius 2 is 0.800 bits per heavy atom. The molecular weight excluding hydrogens is 687 g/mol. The first-order chi connectivity index (χ1) is 27.3. The number of hydrogen-bond donors (Lipinski definition) is 0. The van der Waals surface area contributed by atoms with Crippen LogP contribution in [0.15, 0.2) is 188 Å². The van der Waals surface area contributed by atoms with Crippen LogP contribution in [-0.4, -0.2) is 14.1 Å². The average molecular weight is 718 g/mol. The van der Waals surface area contributed by atoms with E-state index in [-0.39, 0.29) is 0 Å². The number of fused-ring (bicyclic) bond motifs is 11. The van der Waals surface area contributed by atoms with E-state index < -0.39 is 0 Å². The van der Waals surface area contributed by atoms with Gasteiger partial charge in [-0.2, -0.15) is 0 Å². The summed E-state index contributed by atoms with van der Waals surface area (Å²) in [6.07, 6.45) is 0. The van der Waals surface area contributed by atoms with Crippen molar-refractivity contribution in [3.8, 4) is 33.8 Å². The van der Waals surface area contributed by atoms with Crippen molar-refractivity contribution in [1.29, 1.82) is 0 Å². The lowest BCUT2D eigenvalue weighted by atomic mass is 9.98. The minimum atomic E-state index is 1.02. The van der Waals surface area contributed by atoms with E-state index in [4.69, 9.17) is 4.98 Å². The summed E-state index contributed by atoms with van der Waals surface area (Å²) in [5, 5.41) is 8.70. The normalized spacial score (nSPS) is 12.0. The number of pyridine rings is 1. The van der Waals surface area contributed by atoms with Crippen LogP contribution < -0.4 is 0 Å². The van der Waals surface area contributed by atoms with Crippen molar-refractivity contribution in [2.24, 2.45) is 0 Å². The lowest BCUT2D eigenvalue weighted by Crippen LogP contribution is -2.00. The maximum atomic E-state index is 5.31. The minimum Gasteiger partial charge on any atom is -0.309 e. The Hall–Kier alpha value is -7.01.